The average molecular weight is 308 g/mol. The number of amides is 2. The second-order valence-corrected chi connectivity index (χ2v) is 6.57. The van der Waals surface area contributed by atoms with Crippen molar-refractivity contribution in [1.29, 1.82) is 0 Å². The fraction of sp³-hybridized carbons (Fsp3) is 0.350. The smallest absolute Gasteiger partial charge is 0.322 e. The van der Waals surface area contributed by atoms with Gasteiger partial charge < -0.3 is 4.90 Å². The maximum atomic E-state index is 12.9. The molecule has 0 saturated carbocycles. The van der Waals surface area contributed by atoms with E-state index in [1.54, 1.807) is 0 Å². The Hall–Kier alpha value is -2.29. The van der Waals surface area contributed by atoms with Crippen molar-refractivity contribution in [3.8, 4) is 0 Å². The Labute approximate surface area is 138 Å². The molecule has 2 aromatic rings. The predicted octanol–water partition coefficient (Wildman–Crippen LogP) is 4.26. The number of hydrogen-bond donors (Lipinski definition) is 0. The van der Waals surface area contributed by atoms with Crippen LogP contribution in [0.5, 0.6) is 0 Å². The maximum Gasteiger partial charge on any atom is 0.325 e. The molecule has 120 valence electrons. The van der Waals surface area contributed by atoms with Crippen molar-refractivity contribution in [3.05, 3.63) is 65.7 Å². The second kappa shape index (κ2) is 6.07. The normalized spacial score (nSPS) is 21.1. The molecule has 0 unspecified atom stereocenters. The van der Waals surface area contributed by atoms with E-state index in [-0.39, 0.29) is 11.6 Å². The highest BCUT2D eigenvalue weighted by molar-refractivity contribution is 5.96. The van der Waals surface area contributed by atoms with Crippen molar-refractivity contribution >= 4 is 11.7 Å². The van der Waals surface area contributed by atoms with Gasteiger partial charge in [-0.1, -0.05) is 42.5 Å². The third kappa shape index (κ3) is 2.83. The Balaban J connectivity index is 2.00. The minimum absolute atomic E-state index is 0.106. The first kappa shape index (κ1) is 15.6. The van der Waals surface area contributed by atoms with Gasteiger partial charge in [0.05, 0.1) is 5.54 Å². The average Bonchev–Trinajstić information content (AvgIpc) is 2.81. The first-order chi connectivity index (χ1) is 11.0. The van der Waals surface area contributed by atoms with Crippen molar-refractivity contribution in [3.63, 3.8) is 0 Å². The molecule has 1 aliphatic heterocycles. The van der Waals surface area contributed by atoms with Crippen LogP contribution in [0.1, 0.15) is 25.0 Å². The summed E-state index contributed by atoms with van der Waals surface area (Å²) in [6.07, 6.45) is 0.858. The summed E-state index contributed by atoms with van der Waals surface area (Å²) in [5, 5.41) is 0. The first-order valence-corrected chi connectivity index (χ1v) is 8.24. The second-order valence-electron chi connectivity index (χ2n) is 6.57. The van der Waals surface area contributed by atoms with Gasteiger partial charge in [-0.05, 0) is 50.5 Å². The molecule has 1 heterocycles. The van der Waals surface area contributed by atoms with Crippen LogP contribution in [0.25, 0.3) is 0 Å². The predicted molar refractivity (Wildman–Crippen MR) is 94.9 cm³/mol. The van der Waals surface area contributed by atoms with Crippen molar-refractivity contribution in [1.82, 2.24) is 4.90 Å². The zero-order chi connectivity index (χ0) is 16.4. The third-order valence-electron chi connectivity index (χ3n) is 4.76. The summed E-state index contributed by atoms with van der Waals surface area (Å²) >= 11 is 0. The molecule has 3 nitrogen and oxygen atoms in total. The van der Waals surface area contributed by atoms with Crippen molar-refractivity contribution in [2.45, 2.75) is 32.7 Å². The van der Waals surface area contributed by atoms with Gasteiger partial charge in [-0.3, -0.25) is 4.90 Å². The van der Waals surface area contributed by atoms with Crippen LogP contribution < -0.4 is 4.90 Å². The summed E-state index contributed by atoms with van der Waals surface area (Å²) in [4.78, 5) is 16.8. The van der Waals surface area contributed by atoms with E-state index >= 15 is 0 Å². The SMILES string of the molecule is CCN1C[C@@](C)(Cc2ccccc2C)N(c2ccccc2)C1=O. The summed E-state index contributed by atoms with van der Waals surface area (Å²) in [5.41, 5.74) is 3.33. The van der Waals surface area contributed by atoms with Crippen LogP contribution in [0.3, 0.4) is 0 Å². The highest BCUT2D eigenvalue weighted by atomic mass is 16.2. The van der Waals surface area contributed by atoms with Crippen LogP contribution in [-0.2, 0) is 6.42 Å². The lowest BCUT2D eigenvalue weighted by Gasteiger charge is -2.34. The van der Waals surface area contributed by atoms with Crippen molar-refractivity contribution in [2.75, 3.05) is 18.0 Å². The number of carbonyl (C=O) groups excluding carboxylic acids is 1. The Morgan fingerprint density at radius 3 is 2.35 bits per heavy atom. The van der Waals surface area contributed by atoms with Crippen molar-refractivity contribution in [2.24, 2.45) is 0 Å². The number of anilines is 1. The van der Waals surface area contributed by atoms with E-state index in [0.717, 1.165) is 25.2 Å². The van der Waals surface area contributed by atoms with Crippen LogP contribution in [0.4, 0.5) is 10.5 Å². The quantitative estimate of drug-likeness (QED) is 0.828. The number of benzene rings is 2. The monoisotopic (exact) mass is 308 g/mol. The first-order valence-electron chi connectivity index (χ1n) is 8.24. The van der Waals surface area contributed by atoms with E-state index in [4.69, 9.17) is 0 Å². The number of aryl methyl sites for hydroxylation is 1. The minimum Gasteiger partial charge on any atom is -0.322 e. The van der Waals surface area contributed by atoms with Crippen LogP contribution in [0.15, 0.2) is 54.6 Å². The molecule has 0 N–H and O–H groups in total. The van der Waals surface area contributed by atoms with E-state index in [2.05, 4.69) is 38.1 Å². The maximum absolute atomic E-state index is 12.9. The largest absolute Gasteiger partial charge is 0.325 e. The fourth-order valence-electron chi connectivity index (χ4n) is 3.52. The molecule has 1 fully saturated rings. The molecule has 23 heavy (non-hydrogen) atoms. The molecule has 0 aliphatic carbocycles. The summed E-state index contributed by atoms with van der Waals surface area (Å²) in [6, 6.07) is 18.6. The van der Waals surface area contributed by atoms with Crippen molar-refractivity contribution < 1.29 is 4.79 Å². The van der Waals surface area contributed by atoms with Crippen LogP contribution in [0.2, 0.25) is 0 Å². The van der Waals surface area contributed by atoms with Crippen LogP contribution in [-0.4, -0.2) is 29.6 Å². The number of urea groups is 1. The molecule has 2 aromatic carbocycles. The van der Waals surface area contributed by atoms with Gasteiger partial charge in [0.25, 0.3) is 0 Å². The molecule has 0 bridgehead atoms. The lowest BCUT2D eigenvalue weighted by molar-refractivity contribution is 0.222. The van der Waals surface area contributed by atoms with Crippen LogP contribution in [0, 0.1) is 6.92 Å². The number of carbonyl (C=O) groups is 1. The molecule has 3 heteroatoms. The Morgan fingerprint density at radius 1 is 1.04 bits per heavy atom. The lowest BCUT2D eigenvalue weighted by Crippen LogP contribution is -2.46. The van der Waals surface area contributed by atoms with Crippen LogP contribution >= 0.6 is 0 Å². The summed E-state index contributed by atoms with van der Waals surface area (Å²) in [6.45, 7) is 7.87. The number of para-hydroxylation sites is 1. The minimum atomic E-state index is -0.236. The Morgan fingerprint density at radius 2 is 1.70 bits per heavy atom. The molecule has 1 aliphatic rings. The molecular formula is C20H24N2O. The Bertz CT molecular complexity index is 698. The van der Waals surface area contributed by atoms with Gasteiger partial charge in [0.1, 0.15) is 0 Å². The molecule has 2 amide bonds. The third-order valence-corrected chi connectivity index (χ3v) is 4.76. The van der Waals surface area contributed by atoms with Gasteiger partial charge >= 0.3 is 6.03 Å². The fourth-order valence-corrected chi connectivity index (χ4v) is 3.52. The molecule has 0 aromatic heterocycles. The number of nitrogens with zero attached hydrogens (tertiary/aromatic N) is 2. The van der Waals surface area contributed by atoms with Gasteiger partial charge in [-0.15, -0.1) is 0 Å². The molecule has 0 spiro atoms. The Kier molecular flexibility index (Phi) is 4.12. The zero-order valence-corrected chi connectivity index (χ0v) is 14.1. The molecular weight excluding hydrogens is 284 g/mol. The summed E-state index contributed by atoms with van der Waals surface area (Å²) in [5.74, 6) is 0. The highest BCUT2D eigenvalue weighted by Gasteiger charge is 2.46. The van der Waals surface area contributed by atoms with Gasteiger partial charge in [-0.25, -0.2) is 4.79 Å². The molecule has 0 radical (unpaired) electrons. The summed E-state index contributed by atoms with van der Waals surface area (Å²) in [7, 11) is 0. The molecule has 3 rings (SSSR count). The molecule has 1 atom stereocenters. The van der Waals surface area contributed by atoms with Gasteiger partial charge in [0, 0.05) is 18.8 Å². The number of hydrogen-bond acceptors (Lipinski definition) is 1. The number of rotatable bonds is 4. The van der Waals surface area contributed by atoms with E-state index in [9.17, 15) is 4.79 Å². The van der Waals surface area contributed by atoms with Gasteiger partial charge in [0.15, 0.2) is 0 Å². The topological polar surface area (TPSA) is 23.6 Å². The van der Waals surface area contributed by atoms with E-state index in [0.29, 0.717) is 0 Å². The van der Waals surface area contributed by atoms with Gasteiger partial charge in [-0.2, -0.15) is 0 Å². The van der Waals surface area contributed by atoms with E-state index in [1.807, 2.05) is 47.1 Å². The summed E-state index contributed by atoms with van der Waals surface area (Å²) < 4.78 is 0. The van der Waals surface area contributed by atoms with E-state index in [1.165, 1.54) is 11.1 Å². The molecule has 1 saturated heterocycles. The van der Waals surface area contributed by atoms with Gasteiger partial charge in [0.2, 0.25) is 0 Å². The van der Waals surface area contributed by atoms with E-state index < -0.39 is 0 Å². The highest BCUT2D eigenvalue weighted by Crippen LogP contribution is 2.35. The standard InChI is InChI=1S/C20H24N2O/c1-4-21-15-20(3,14-17-11-9-8-10-16(17)2)22(19(21)23)18-12-6-5-7-13-18/h5-13H,4,14-15H2,1-3H3/t20-/m1/s1. The number of likely N-dealkylation sites (N-methyl/N-ethyl adjacent to an activating group) is 1. The zero-order valence-electron chi connectivity index (χ0n) is 14.1. The lowest BCUT2D eigenvalue weighted by atomic mass is 9.89.